The number of likely N-dealkylation sites (N-methyl/N-ethyl adjacent to an activating group) is 1. The number of likely N-dealkylation sites (tertiary alicyclic amines) is 1. The van der Waals surface area contributed by atoms with Crippen LogP contribution in [0.25, 0.3) is 5.57 Å². The highest BCUT2D eigenvalue weighted by Gasteiger charge is 2.28. The summed E-state index contributed by atoms with van der Waals surface area (Å²) >= 11 is 0. The minimum atomic E-state index is -0.466. The van der Waals surface area contributed by atoms with Crippen molar-refractivity contribution in [2.24, 2.45) is 0 Å². The Bertz CT molecular complexity index is 1500. The Hall–Kier alpha value is -4.04. The van der Waals surface area contributed by atoms with Gasteiger partial charge in [-0.1, -0.05) is 43.3 Å². The van der Waals surface area contributed by atoms with Crippen LogP contribution in [0.5, 0.6) is 11.6 Å². The number of amides is 1. The van der Waals surface area contributed by atoms with Crippen LogP contribution in [0.15, 0.2) is 48.5 Å². The predicted octanol–water partition coefficient (Wildman–Crippen LogP) is 4.88. The Kier molecular flexibility index (Phi) is 7.95. The summed E-state index contributed by atoms with van der Waals surface area (Å²) in [6.45, 7) is 9.58. The predicted molar refractivity (Wildman–Crippen MR) is 159 cm³/mol. The smallest absolute Gasteiger partial charge is 0.251 e. The summed E-state index contributed by atoms with van der Waals surface area (Å²) in [7, 11) is 3.64. The molecule has 1 saturated heterocycles. The molecule has 2 heterocycles. The zero-order chi connectivity index (χ0) is 29.3. The van der Waals surface area contributed by atoms with Crippen molar-refractivity contribution in [1.82, 2.24) is 20.2 Å². The summed E-state index contributed by atoms with van der Waals surface area (Å²) in [6.07, 6.45) is 3.70. The van der Waals surface area contributed by atoms with Crippen molar-refractivity contribution in [2.45, 2.75) is 58.6 Å². The fourth-order valence-corrected chi connectivity index (χ4v) is 5.26. The first-order valence-corrected chi connectivity index (χ1v) is 14.1. The molecule has 1 N–H and O–H groups in total. The van der Waals surface area contributed by atoms with Gasteiger partial charge >= 0.3 is 0 Å². The number of fused-ring (bicyclic) bond motifs is 1. The van der Waals surface area contributed by atoms with Crippen LogP contribution in [0.3, 0.4) is 0 Å². The largest absolute Gasteiger partial charge is 0.496 e. The molecule has 214 valence electrons. The molecule has 0 radical (unpaired) electrons. The normalized spacial score (nSPS) is 15.1. The number of rotatable bonds is 9. The van der Waals surface area contributed by atoms with Crippen LogP contribution < -0.4 is 14.8 Å². The molecule has 5 rings (SSSR count). The van der Waals surface area contributed by atoms with Gasteiger partial charge in [-0.25, -0.2) is 4.98 Å². The number of carbonyl (C=O) groups is 2. The lowest BCUT2D eigenvalue weighted by molar-refractivity contribution is 0.0857. The van der Waals surface area contributed by atoms with Gasteiger partial charge in [0.25, 0.3) is 5.91 Å². The fourth-order valence-electron chi connectivity index (χ4n) is 5.26. The fraction of sp³-hybridized carbons (Fsp3) is 0.394. The third kappa shape index (κ3) is 6.33. The van der Waals surface area contributed by atoms with Gasteiger partial charge in [0.1, 0.15) is 17.2 Å². The van der Waals surface area contributed by atoms with E-state index in [0.717, 1.165) is 41.0 Å². The average molecular weight is 555 g/mol. The van der Waals surface area contributed by atoms with Gasteiger partial charge in [-0.3, -0.25) is 9.59 Å². The standard InChI is InChI=1S/C33H38N4O4/c1-7-27(38)21-10-8-20(9-11-21)25-14-15-26-30(25)32(41-33(2,3)4)36-29(35-26)17-22-12-13-23(16-28(22)40-6)31(39)34-24-18-37(5)19-24/h8-14,16,24H,7,15,17-19H2,1-6H3,(H,34,39). The van der Waals surface area contributed by atoms with Gasteiger partial charge in [0, 0.05) is 49.0 Å². The van der Waals surface area contributed by atoms with Crippen LogP contribution in [-0.2, 0) is 12.8 Å². The summed E-state index contributed by atoms with van der Waals surface area (Å²) in [6, 6.07) is 13.4. The Balaban J connectivity index is 1.42. The van der Waals surface area contributed by atoms with Crippen LogP contribution in [0.2, 0.25) is 0 Å². The highest BCUT2D eigenvalue weighted by Crippen LogP contribution is 2.39. The Morgan fingerprint density at radius 1 is 1.05 bits per heavy atom. The highest BCUT2D eigenvalue weighted by molar-refractivity contribution is 5.97. The number of Topliss-reactive ketones (excluding diaryl/α,β-unsaturated/α-hetero) is 1. The van der Waals surface area contributed by atoms with E-state index in [2.05, 4.69) is 16.3 Å². The molecule has 2 aromatic carbocycles. The quantitative estimate of drug-likeness (QED) is 0.377. The average Bonchev–Trinajstić information content (AvgIpc) is 3.35. The van der Waals surface area contributed by atoms with Crippen LogP contribution in [0.4, 0.5) is 0 Å². The number of methoxy groups -OCH3 is 1. The van der Waals surface area contributed by atoms with E-state index >= 15 is 0 Å². The molecule has 0 atom stereocenters. The number of ether oxygens (including phenoxy) is 2. The lowest BCUT2D eigenvalue weighted by atomic mass is 9.98. The second kappa shape index (κ2) is 11.4. The number of nitrogens with zero attached hydrogens (tertiary/aromatic N) is 3. The Labute approximate surface area is 241 Å². The molecule has 1 fully saturated rings. The van der Waals surface area contributed by atoms with Gasteiger partial charge in [0.05, 0.1) is 24.4 Å². The number of ketones is 1. The van der Waals surface area contributed by atoms with Crippen molar-refractivity contribution < 1.29 is 19.1 Å². The summed E-state index contributed by atoms with van der Waals surface area (Å²) in [5, 5.41) is 3.07. The van der Waals surface area contributed by atoms with Crippen molar-refractivity contribution in [1.29, 1.82) is 0 Å². The monoisotopic (exact) mass is 554 g/mol. The van der Waals surface area contributed by atoms with Crippen LogP contribution in [0, 0.1) is 0 Å². The first-order valence-electron chi connectivity index (χ1n) is 14.1. The van der Waals surface area contributed by atoms with E-state index in [-0.39, 0.29) is 17.7 Å². The maximum atomic E-state index is 12.8. The van der Waals surface area contributed by atoms with E-state index < -0.39 is 5.60 Å². The van der Waals surface area contributed by atoms with Gasteiger partial charge in [-0.2, -0.15) is 4.98 Å². The number of hydrogen-bond donors (Lipinski definition) is 1. The number of nitrogens with one attached hydrogen (secondary N) is 1. The van der Waals surface area contributed by atoms with Crippen molar-refractivity contribution >= 4 is 17.3 Å². The van der Waals surface area contributed by atoms with Crippen molar-refractivity contribution in [3.8, 4) is 11.6 Å². The second-order valence-corrected chi connectivity index (χ2v) is 11.8. The summed E-state index contributed by atoms with van der Waals surface area (Å²) in [4.78, 5) is 36.9. The zero-order valence-corrected chi connectivity index (χ0v) is 24.7. The molecule has 1 amide bonds. The van der Waals surface area contributed by atoms with E-state index in [1.165, 1.54) is 0 Å². The molecule has 8 nitrogen and oxygen atoms in total. The minimum absolute atomic E-state index is 0.103. The zero-order valence-electron chi connectivity index (χ0n) is 24.7. The topological polar surface area (TPSA) is 93.7 Å². The molecule has 1 aliphatic heterocycles. The van der Waals surface area contributed by atoms with Crippen molar-refractivity contribution in [3.05, 3.63) is 87.9 Å². The highest BCUT2D eigenvalue weighted by atomic mass is 16.5. The molecule has 1 aromatic heterocycles. The van der Waals surface area contributed by atoms with Crippen LogP contribution in [-0.4, -0.2) is 65.4 Å². The molecule has 2 aliphatic rings. The van der Waals surface area contributed by atoms with Crippen LogP contribution in [0.1, 0.15) is 83.0 Å². The van der Waals surface area contributed by atoms with E-state index in [0.29, 0.717) is 47.8 Å². The SMILES string of the molecule is CCC(=O)c1ccc(C2=CCc3nc(Cc4ccc(C(=O)NC5CN(C)C5)cc4OC)nc(OC(C)(C)C)c32)cc1. The van der Waals surface area contributed by atoms with Crippen molar-refractivity contribution in [3.63, 3.8) is 0 Å². The van der Waals surface area contributed by atoms with Gasteiger partial charge in [0.2, 0.25) is 5.88 Å². The Morgan fingerprint density at radius 3 is 2.39 bits per heavy atom. The summed E-state index contributed by atoms with van der Waals surface area (Å²) < 4.78 is 12.1. The molecule has 0 unspecified atom stereocenters. The number of hydrogen-bond acceptors (Lipinski definition) is 7. The number of benzene rings is 2. The first kappa shape index (κ1) is 28.5. The lowest BCUT2D eigenvalue weighted by Gasteiger charge is -2.36. The van der Waals surface area contributed by atoms with Gasteiger partial charge in [-0.15, -0.1) is 0 Å². The maximum Gasteiger partial charge on any atom is 0.251 e. The molecule has 1 aliphatic carbocycles. The van der Waals surface area contributed by atoms with E-state index in [1.807, 2.05) is 71.1 Å². The molecular weight excluding hydrogens is 516 g/mol. The van der Waals surface area contributed by atoms with E-state index in [4.69, 9.17) is 19.4 Å². The van der Waals surface area contributed by atoms with Crippen LogP contribution >= 0.6 is 0 Å². The van der Waals surface area contributed by atoms with E-state index in [1.54, 1.807) is 13.2 Å². The molecule has 8 heteroatoms. The third-order valence-electron chi connectivity index (χ3n) is 7.30. The van der Waals surface area contributed by atoms with E-state index in [9.17, 15) is 9.59 Å². The minimum Gasteiger partial charge on any atom is -0.496 e. The molecule has 0 spiro atoms. The number of carbonyl (C=O) groups excluding carboxylic acids is 2. The Morgan fingerprint density at radius 2 is 1.76 bits per heavy atom. The first-order chi connectivity index (χ1) is 19.5. The molecule has 0 bridgehead atoms. The molecule has 3 aromatic rings. The number of aromatic nitrogens is 2. The van der Waals surface area contributed by atoms with Gasteiger partial charge < -0.3 is 19.7 Å². The van der Waals surface area contributed by atoms with Crippen molar-refractivity contribution in [2.75, 3.05) is 27.2 Å². The second-order valence-electron chi connectivity index (χ2n) is 11.8. The van der Waals surface area contributed by atoms with Gasteiger partial charge in [-0.05, 0) is 51.1 Å². The maximum absolute atomic E-state index is 12.8. The third-order valence-corrected chi connectivity index (χ3v) is 7.30. The summed E-state index contributed by atoms with van der Waals surface area (Å²) in [5.74, 6) is 1.79. The van der Waals surface area contributed by atoms with Gasteiger partial charge in [0.15, 0.2) is 5.78 Å². The molecule has 41 heavy (non-hydrogen) atoms. The number of allylic oxidation sites excluding steroid dienone is 1. The molecular formula is C33H38N4O4. The molecule has 0 saturated carbocycles. The lowest BCUT2D eigenvalue weighted by Crippen LogP contribution is -2.57. The summed E-state index contributed by atoms with van der Waals surface area (Å²) in [5.41, 5.74) is 5.48.